The van der Waals surface area contributed by atoms with Gasteiger partial charge in [0, 0.05) is 0 Å². The van der Waals surface area contributed by atoms with E-state index in [0.717, 1.165) is 5.56 Å². The maximum Gasteiger partial charge on any atom is 0.354 e. The van der Waals surface area contributed by atoms with Crippen molar-refractivity contribution in [1.82, 2.24) is 0 Å². The lowest BCUT2D eigenvalue weighted by Crippen LogP contribution is -2.43. The van der Waals surface area contributed by atoms with Crippen molar-refractivity contribution >= 4 is 17.7 Å². The van der Waals surface area contributed by atoms with Crippen LogP contribution in [-0.4, -0.2) is 42.5 Å². The summed E-state index contributed by atoms with van der Waals surface area (Å²) in [4.78, 5) is 26.6. The van der Waals surface area contributed by atoms with Crippen LogP contribution in [0.25, 0.3) is 0 Å². The van der Waals surface area contributed by atoms with Crippen molar-refractivity contribution in [1.29, 1.82) is 0 Å². The molecule has 114 valence electrons. The average molecular weight is 294 g/mol. The molecule has 0 saturated heterocycles. The molecule has 1 atom stereocenters. The maximum absolute atomic E-state index is 11.7. The molecular formula is C14H18N2O5. The lowest BCUT2D eigenvalue weighted by Gasteiger charge is -2.10. The summed E-state index contributed by atoms with van der Waals surface area (Å²) >= 11 is 0. The van der Waals surface area contributed by atoms with Crippen molar-refractivity contribution in [2.75, 3.05) is 13.7 Å². The van der Waals surface area contributed by atoms with E-state index in [1.165, 1.54) is 0 Å². The number of nitrogens with two attached hydrogens (primary N) is 1. The molecule has 0 bridgehead atoms. The summed E-state index contributed by atoms with van der Waals surface area (Å²) in [5.41, 5.74) is 5.93. The van der Waals surface area contributed by atoms with Crippen LogP contribution in [0.1, 0.15) is 12.5 Å². The second kappa shape index (κ2) is 8.01. The Morgan fingerprint density at radius 3 is 2.43 bits per heavy atom. The number of carbonyl (C=O) groups excluding carboxylic acids is 1. The Kier molecular flexibility index (Phi) is 6.35. The number of carboxylic acid groups (broad SMARTS) is 1. The minimum atomic E-state index is -1.51. The molecule has 7 heteroatoms. The Bertz CT molecular complexity index is 525. The van der Waals surface area contributed by atoms with Gasteiger partial charge in [-0.3, -0.25) is 9.79 Å². The molecule has 0 radical (unpaired) electrons. The van der Waals surface area contributed by atoms with Gasteiger partial charge in [0.1, 0.15) is 11.5 Å². The van der Waals surface area contributed by atoms with Crippen molar-refractivity contribution in [2.45, 2.75) is 19.5 Å². The SMILES string of the molecule is CCOC(=O)C(=NCc1ccc(OC)cc1)C(N)C(=O)O. The predicted octanol–water partition coefficient (Wildman–Crippen LogP) is 0.611. The van der Waals surface area contributed by atoms with E-state index < -0.39 is 18.0 Å². The number of hydrogen-bond acceptors (Lipinski definition) is 6. The Labute approximate surface area is 122 Å². The zero-order valence-electron chi connectivity index (χ0n) is 11.9. The summed E-state index contributed by atoms with van der Waals surface area (Å²) < 4.78 is 9.79. The molecule has 7 nitrogen and oxygen atoms in total. The van der Waals surface area contributed by atoms with Crippen molar-refractivity contribution in [3.63, 3.8) is 0 Å². The highest BCUT2D eigenvalue weighted by atomic mass is 16.5. The summed E-state index contributed by atoms with van der Waals surface area (Å²) in [6.07, 6.45) is 0. The topological polar surface area (TPSA) is 111 Å². The third-order valence-corrected chi connectivity index (χ3v) is 2.64. The molecule has 0 saturated carbocycles. The highest BCUT2D eigenvalue weighted by Crippen LogP contribution is 2.12. The molecule has 3 N–H and O–H groups in total. The second-order valence-electron chi connectivity index (χ2n) is 4.09. The van der Waals surface area contributed by atoms with Gasteiger partial charge in [-0.15, -0.1) is 0 Å². The molecule has 0 amide bonds. The zero-order chi connectivity index (χ0) is 15.8. The number of aliphatic carboxylic acids is 1. The molecule has 0 heterocycles. The fourth-order valence-corrected chi connectivity index (χ4v) is 1.52. The second-order valence-corrected chi connectivity index (χ2v) is 4.09. The quantitative estimate of drug-likeness (QED) is 0.563. The van der Waals surface area contributed by atoms with Crippen molar-refractivity contribution in [2.24, 2.45) is 10.7 Å². The molecule has 1 rings (SSSR count). The molecule has 0 aromatic heterocycles. The van der Waals surface area contributed by atoms with Gasteiger partial charge in [-0.1, -0.05) is 12.1 Å². The van der Waals surface area contributed by atoms with Gasteiger partial charge >= 0.3 is 11.9 Å². The molecule has 0 aliphatic carbocycles. The molecule has 1 unspecified atom stereocenters. The largest absolute Gasteiger partial charge is 0.497 e. The van der Waals surface area contributed by atoms with Crippen molar-refractivity contribution in [3.05, 3.63) is 29.8 Å². The van der Waals surface area contributed by atoms with E-state index in [9.17, 15) is 9.59 Å². The number of nitrogens with zero attached hydrogens (tertiary/aromatic N) is 1. The summed E-state index contributed by atoms with van der Waals surface area (Å²) in [7, 11) is 1.55. The average Bonchev–Trinajstić information content (AvgIpc) is 2.48. The van der Waals surface area contributed by atoms with Crippen LogP contribution in [0.5, 0.6) is 5.75 Å². The maximum atomic E-state index is 11.7. The molecule has 0 spiro atoms. The van der Waals surface area contributed by atoms with Gasteiger partial charge in [-0.25, -0.2) is 4.79 Å². The first-order valence-corrected chi connectivity index (χ1v) is 6.32. The first-order valence-electron chi connectivity index (χ1n) is 6.32. The van der Waals surface area contributed by atoms with E-state index in [1.54, 1.807) is 38.3 Å². The number of rotatable bonds is 7. The van der Waals surface area contributed by atoms with Crippen LogP contribution < -0.4 is 10.5 Å². The summed E-state index contributed by atoms with van der Waals surface area (Å²) in [6, 6.07) is 5.50. The first-order chi connectivity index (χ1) is 9.99. The smallest absolute Gasteiger partial charge is 0.354 e. The number of ether oxygens (including phenoxy) is 2. The molecule has 0 aliphatic heterocycles. The van der Waals surface area contributed by atoms with Crippen molar-refractivity contribution in [3.8, 4) is 5.75 Å². The van der Waals surface area contributed by atoms with Crippen molar-refractivity contribution < 1.29 is 24.2 Å². The number of aliphatic imine (C=N–C) groups is 1. The number of methoxy groups -OCH3 is 1. The number of benzene rings is 1. The van der Waals surface area contributed by atoms with Gasteiger partial charge in [0.05, 0.1) is 20.3 Å². The molecular weight excluding hydrogens is 276 g/mol. The minimum absolute atomic E-state index is 0.118. The number of carboxylic acids is 1. The van der Waals surface area contributed by atoms with Crippen LogP contribution in [0, 0.1) is 0 Å². The summed E-state index contributed by atoms with van der Waals surface area (Å²) in [5.74, 6) is -1.46. The fraction of sp³-hybridized carbons (Fsp3) is 0.357. The number of hydrogen-bond donors (Lipinski definition) is 2. The van der Waals surface area contributed by atoms with Gasteiger partial charge < -0.3 is 20.3 Å². The lowest BCUT2D eigenvalue weighted by atomic mass is 10.1. The third kappa shape index (κ3) is 4.88. The minimum Gasteiger partial charge on any atom is -0.497 e. The molecule has 1 aromatic rings. The first kappa shape index (κ1) is 16.6. The van der Waals surface area contributed by atoms with E-state index in [1.807, 2.05) is 0 Å². The van der Waals surface area contributed by atoms with Crippen LogP contribution in [0.2, 0.25) is 0 Å². The Balaban J connectivity index is 2.90. The van der Waals surface area contributed by atoms with Crippen LogP contribution in [0.3, 0.4) is 0 Å². The summed E-state index contributed by atoms with van der Waals surface area (Å²) in [6.45, 7) is 1.86. The van der Waals surface area contributed by atoms with Crippen LogP contribution in [-0.2, 0) is 20.9 Å². The normalized spacial score (nSPS) is 12.6. The van der Waals surface area contributed by atoms with Gasteiger partial charge in [-0.05, 0) is 24.6 Å². The molecule has 1 aromatic carbocycles. The number of esters is 1. The predicted molar refractivity (Wildman–Crippen MR) is 76.4 cm³/mol. The van der Waals surface area contributed by atoms with Crippen LogP contribution >= 0.6 is 0 Å². The highest BCUT2D eigenvalue weighted by Gasteiger charge is 2.26. The zero-order valence-corrected chi connectivity index (χ0v) is 11.9. The monoisotopic (exact) mass is 294 g/mol. The Hall–Kier alpha value is -2.41. The molecule has 0 aliphatic rings. The van der Waals surface area contributed by atoms with Gasteiger partial charge in [0.15, 0.2) is 6.04 Å². The fourth-order valence-electron chi connectivity index (χ4n) is 1.52. The Morgan fingerprint density at radius 1 is 1.33 bits per heavy atom. The van der Waals surface area contributed by atoms with Gasteiger partial charge in [0.25, 0.3) is 0 Å². The van der Waals surface area contributed by atoms with E-state index in [-0.39, 0.29) is 18.9 Å². The third-order valence-electron chi connectivity index (χ3n) is 2.64. The van der Waals surface area contributed by atoms with Gasteiger partial charge in [-0.2, -0.15) is 0 Å². The van der Waals surface area contributed by atoms with Gasteiger partial charge in [0.2, 0.25) is 0 Å². The van der Waals surface area contributed by atoms with E-state index >= 15 is 0 Å². The highest BCUT2D eigenvalue weighted by molar-refractivity contribution is 6.42. The van der Waals surface area contributed by atoms with E-state index in [0.29, 0.717) is 5.75 Å². The molecule has 0 fully saturated rings. The van der Waals surface area contributed by atoms with Crippen LogP contribution in [0.15, 0.2) is 29.3 Å². The summed E-state index contributed by atoms with van der Waals surface area (Å²) in [5, 5.41) is 8.90. The van der Waals surface area contributed by atoms with E-state index in [2.05, 4.69) is 4.99 Å². The Morgan fingerprint density at radius 2 is 1.95 bits per heavy atom. The lowest BCUT2D eigenvalue weighted by molar-refractivity contribution is -0.140. The molecule has 21 heavy (non-hydrogen) atoms. The standard InChI is InChI=1S/C14H18N2O5/c1-3-21-14(19)12(11(15)13(17)18)16-8-9-4-6-10(20-2)7-5-9/h4-7,11H,3,8,15H2,1-2H3,(H,17,18). The number of carbonyl (C=O) groups is 2. The van der Waals surface area contributed by atoms with Crippen LogP contribution in [0.4, 0.5) is 0 Å². The van der Waals surface area contributed by atoms with E-state index in [4.69, 9.17) is 20.3 Å².